The molecule has 0 aliphatic heterocycles. The minimum absolute atomic E-state index is 0.0159. The summed E-state index contributed by atoms with van der Waals surface area (Å²) in [6.07, 6.45) is 1.73. The van der Waals surface area contributed by atoms with Crippen LogP contribution in [0, 0.1) is 0 Å². The predicted molar refractivity (Wildman–Crippen MR) is 96.8 cm³/mol. The van der Waals surface area contributed by atoms with Gasteiger partial charge >= 0.3 is 0 Å². The molecule has 0 unspecified atom stereocenters. The molecule has 0 saturated carbocycles. The lowest BCUT2D eigenvalue weighted by Gasteiger charge is -2.19. The molecule has 2 rings (SSSR count). The fourth-order valence-corrected chi connectivity index (χ4v) is 3.24. The Hall–Kier alpha value is -2.19. The summed E-state index contributed by atoms with van der Waals surface area (Å²) < 4.78 is 28.6. The number of aryl methyl sites for hydroxylation is 1. The van der Waals surface area contributed by atoms with Gasteiger partial charge in [0.1, 0.15) is 0 Å². The van der Waals surface area contributed by atoms with Crippen LogP contribution in [0.4, 0.5) is 5.82 Å². The second-order valence-electron chi connectivity index (χ2n) is 6.84. The number of nitrogens with one attached hydrogen (secondary N) is 2. The molecule has 7 nitrogen and oxygen atoms in total. The highest BCUT2D eigenvalue weighted by Gasteiger charge is 2.17. The maximum Gasteiger partial charge on any atom is 0.240 e. The van der Waals surface area contributed by atoms with Gasteiger partial charge in [0.2, 0.25) is 15.9 Å². The maximum atomic E-state index is 12.3. The summed E-state index contributed by atoms with van der Waals surface area (Å²) in [4.78, 5) is 12.0. The molecule has 2 aromatic rings. The maximum absolute atomic E-state index is 12.3. The highest BCUT2D eigenvalue weighted by Crippen LogP contribution is 2.23. The monoisotopic (exact) mass is 364 g/mol. The number of sulfonamides is 1. The summed E-state index contributed by atoms with van der Waals surface area (Å²) in [5.41, 5.74) is 1.01. The van der Waals surface area contributed by atoms with Crippen molar-refractivity contribution in [2.24, 2.45) is 7.05 Å². The zero-order valence-electron chi connectivity index (χ0n) is 14.9. The van der Waals surface area contributed by atoms with Gasteiger partial charge in [-0.05, 0) is 23.1 Å². The van der Waals surface area contributed by atoms with E-state index in [0.717, 1.165) is 5.56 Å². The topological polar surface area (TPSA) is 93.1 Å². The molecule has 0 atom stereocenters. The van der Waals surface area contributed by atoms with Crippen molar-refractivity contribution in [3.63, 3.8) is 0 Å². The number of carbonyl (C=O) groups is 1. The first-order valence-electron chi connectivity index (χ1n) is 7.98. The van der Waals surface area contributed by atoms with Gasteiger partial charge in [0, 0.05) is 32.3 Å². The molecule has 0 bridgehead atoms. The number of hydrogen-bond acceptors (Lipinski definition) is 4. The van der Waals surface area contributed by atoms with Crippen LogP contribution in [0.25, 0.3) is 0 Å². The molecule has 0 aliphatic rings. The normalized spacial score (nSPS) is 12.2. The Labute approximate surface area is 148 Å². The number of benzene rings is 1. The number of hydrogen-bond donors (Lipinski definition) is 2. The number of anilines is 1. The minimum atomic E-state index is -3.64. The van der Waals surface area contributed by atoms with Crippen molar-refractivity contribution in [1.82, 2.24) is 14.5 Å². The van der Waals surface area contributed by atoms with Crippen molar-refractivity contribution >= 4 is 21.7 Å². The molecule has 25 heavy (non-hydrogen) atoms. The van der Waals surface area contributed by atoms with Gasteiger partial charge in [-0.1, -0.05) is 32.9 Å². The van der Waals surface area contributed by atoms with Gasteiger partial charge in [-0.2, -0.15) is 5.10 Å². The van der Waals surface area contributed by atoms with Crippen LogP contribution in [0.15, 0.2) is 41.4 Å². The molecule has 1 aromatic carbocycles. The van der Waals surface area contributed by atoms with Gasteiger partial charge in [-0.3, -0.25) is 9.48 Å². The molecule has 0 saturated heterocycles. The van der Waals surface area contributed by atoms with Crippen molar-refractivity contribution in [3.05, 3.63) is 42.1 Å². The third-order valence-electron chi connectivity index (χ3n) is 3.66. The zero-order chi connectivity index (χ0) is 18.7. The Bertz CT molecular complexity index is 834. The molecule has 136 valence electrons. The molecular formula is C17H24N4O3S. The largest absolute Gasteiger partial charge is 0.309 e. The third-order valence-corrected chi connectivity index (χ3v) is 5.13. The Morgan fingerprint density at radius 1 is 1.16 bits per heavy atom. The Kier molecular flexibility index (Phi) is 5.64. The first kappa shape index (κ1) is 19.1. The van der Waals surface area contributed by atoms with Crippen molar-refractivity contribution in [2.45, 2.75) is 37.5 Å². The van der Waals surface area contributed by atoms with Crippen molar-refractivity contribution in [1.29, 1.82) is 0 Å². The lowest BCUT2D eigenvalue weighted by molar-refractivity contribution is -0.116. The van der Waals surface area contributed by atoms with Gasteiger partial charge in [-0.25, -0.2) is 13.1 Å². The molecule has 1 aromatic heterocycles. The molecule has 1 amide bonds. The highest BCUT2D eigenvalue weighted by molar-refractivity contribution is 7.89. The quantitative estimate of drug-likeness (QED) is 0.820. The van der Waals surface area contributed by atoms with E-state index in [1.54, 1.807) is 36.1 Å². The standard InChI is InChI=1S/C17H24N4O3S/c1-17(2,3)13-5-7-14(8-6-13)25(23,24)18-11-9-16(22)19-15-10-12-21(4)20-15/h5-8,10,12,18H,9,11H2,1-4H3,(H,19,20,22). The summed E-state index contributed by atoms with van der Waals surface area (Å²) in [7, 11) is -1.89. The van der Waals surface area contributed by atoms with E-state index in [1.807, 2.05) is 12.1 Å². The van der Waals surface area contributed by atoms with E-state index in [1.165, 1.54) is 0 Å². The smallest absolute Gasteiger partial charge is 0.240 e. The number of rotatable bonds is 6. The van der Waals surface area contributed by atoms with Crippen molar-refractivity contribution in [3.8, 4) is 0 Å². The zero-order valence-corrected chi connectivity index (χ0v) is 15.7. The number of carbonyl (C=O) groups excluding carboxylic acids is 1. The van der Waals surface area contributed by atoms with Gasteiger partial charge in [0.05, 0.1) is 4.90 Å². The van der Waals surface area contributed by atoms with Crippen LogP contribution < -0.4 is 10.0 Å². The van der Waals surface area contributed by atoms with Crippen molar-refractivity contribution < 1.29 is 13.2 Å². The van der Waals surface area contributed by atoms with E-state index in [2.05, 4.69) is 35.9 Å². The Morgan fingerprint density at radius 3 is 2.32 bits per heavy atom. The second-order valence-corrected chi connectivity index (χ2v) is 8.61. The fraction of sp³-hybridized carbons (Fsp3) is 0.412. The highest BCUT2D eigenvalue weighted by atomic mass is 32.2. The number of aromatic nitrogens is 2. The fourth-order valence-electron chi connectivity index (χ4n) is 2.20. The lowest BCUT2D eigenvalue weighted by Crippen LogP contribution is -2.28. The Morgan fingerprint density at radius 2 is 1.80 bits per heavy atom. The summed E-state index contributed by atoms with van der Waals surface area (Å²) in [6.45, 7) is 6.21. The summed E-state index contributed by atoms with van der Waals surface area (Å²) in [6, 6.07) is 8.44. The van der Waals surface area contributed by atoms with E-state index in [9.17, 15) is 13.2 Å². The van der Waals surface area contributed by atoms with Crippen LogP contribution >= 0.6 is 0 Å². The average molecular weight is 364 g/mol. The molecule has 2 N–H and O–H groups in total. The SMILES string of the molecule is Cn1ccc(NC(=O)CCNS(=O)(=O)c2ccc(C(C)(C)C)cc2)n1. The lowest BCUT2D eigenvalue weighted by atomic mass is 9.87. The predicted octanol–water partition coefficient (Wildman–Crippen LogP) is 2.02. The van der Waals surface area contributed by atoms with Gasteiger partial charge in [0.15, 0.2) is 5.82 Å². The van der Waals surface area contributed by atoms with E-state index in [-0.39, 0.29) is 29.2 Å². The molecule has 8 heteroatoms. The molecular weight excluding hydrogens is 340 g/mol. The summed E-state index contributed by atoms with van der Waals surface area (Å²) in [5.74, 6) is 0.137. The van der Waals surface area contributed by atoms with Crippen LogP contribution in [-0.4, -0.2) is 30.7 Å². The number of nitrogens with zero attached hydrogens (tertiary/aromatic N) is 2. The number of amides is 1. The van der Waals surface area contributed by atoms with E-state index in [0.29, 0.717) is 5.82 Å². The van der Waals surface area contributed by atoms with E-state index < -0.39 is 10.0 Å². The molecule has 0 aliphatic carbocycles. The first-order valence-corrected chi connectivity index (χ1v) is 9.46. The van der Waals surface area contributed by atoms with E-state index >= 15 is 0 Å². The molecule has 0 fully saturated rings. The third kappa shape index (κ3) is 5.40. The summed E-state index contributed by atoms with van der Waals surface area (Å²) in [5, 5.41) is 6.64. The van der Waals surface area contributed by atoms with Gasteiger partial charge in [0.25, 0.3) is 0 Å². The minimum Gasteiger partial charge on any atom is -0.309 e. The molecule has 0 spiro atoms. The summed E-state index contributed by atoms with van der Waals surface area (Å²) >= 11 is 0. The van der Waals surface area contributed by atoms with Crippen molar-refractivity contribution in [2.75, 3.05) is 11.9 Å². The molecule has 1 heterocycles. The van der Waals surface area contributed by atoms with Crippen LogP contribution in [0.2, 0.25) is 0 Å². The van der Waals surface area contributed by atoms with Crippen LogP contribution in [0.1, 0.15) is 32.8 Å². The molecule has 0 radical (unpaired) electrons. The van der Waals surface area contributed by atoms with Crippen LogP contribution in [0.5, 0.6) is 0 Å². The average Bonchev–Trinajstić information content (AvgIpc) is 2.91. The second kappa shape index (κ2) is 7.37. The van der Waals surface area contributed by atoms with Gasteiger partial charge < -0.3 is 5.32 Å². The van der Waals surface area contributed by atoms with Gasteiger partial charge in [-0.15, -0.1) is 0 Å². The Balaban J connectivity index is 1.89. The van der Waals surface area contributed by atoms with Crippen LogP contribution in [-0.2, 0) is 27.3 Å². The van der Waals surface area contributed by atoms with Crippen LogP contribution in [0.3, 0.4) is 0 Å². The van der Waals surface area contributed by atoms with E-state index in [4.69, 9.17) is 0 Å². The first-order chi connectivity index (χ1) is 11.6.